The normalized spacial score (nSPS) is 17.3. The predicted molar refractivity (Wildman–Crippen MR) is 156 cm³/mol. The predicted octanol–water partition coefficient (Wildman–Crippen LogP) is 7.00. The van der Waals surface area contributed by atoms with Gasteiger partial charge in [0.1, 0.15) is 6.04 Å². The summed E-state index contributed by atoms with van der Waals surface area (Å²) in [5.74, 6) is 1.11. The van der Waals surface area contributed by atoms with E-state index in [-0.39, 0.29) is 23.1 Å². The Bertz CT molecular complexity index is 1020. The fourth-order valence-electron chi connectivity index (χ4n) is 4.12. The molecular formula is C31H44N2O2S. The number of nitrogens with one attached hydrogen (secondary N) is 1. The van der Waals surface area contributed by atoms with Gasteiger partial charge in [-0.1, -0.05) is 89.2 Å². The third-order valence-electron chi connectivity index (χ3n) is 6.03. The van der Waals surface area contributed by atoms with Gasteiger partial charge in [-0.3, -0.25) is 9.59 Å². The van der Waals surface area contributed by atoms with E-state index in [4.69, 9.17) is 0 Å². The molecule has 196 valence electrons. The van der Waals surface area contributed by atoms with E-state index in [2.05, 4.69) is 75.2 Å². The van der Waals surface area contributed by atoms with E-state index in [0.717, 1.165) is 30.6 Å². The van der Waals surface area contributed by atoms with Gasteiger partial charge in [-0.25, -0.2) is 0 Å². The summed E-state index contributed by atoms with van der Waals surface area (Å²) in [6.07, 6.45) is 8.70. The van der Waals surface area contributed by atoms with Crippen molar-refractivity contribution in [1.82, 2.24) is 10.2 Å². The lowest BCUT2D eigenvalue weighted by Crippen LogP contribution is -2.50. The van der Waals surface area contributed by atoms with Crippen molar-refractivity contribution in [3.8, 4) is 0 Å². The van der Waals surface area contributed by atoms with Gasteiger partial charge in [0.2, 0.25) is 11.8 Å². The summed E-state index contributed by atoms with van der Waals surface area (Å²) >= 11 is 1.72. The minimum Gasteiger partial charge on any atom is -0.343 e. The number of unbranched alkanes of at least 4 members (excludes halogenated alkanes) is 1. The topological polar surface area (TPSA) is 49.4 Å². The van der Waals surface area contributed by atoms with Crippen LogP contribution >= 0.6 is 11.8 Å². The van der Waals surface area contributed by atoms with Crippen molar-refractivity contribution in [3.05, 3.63) is 72.8 Å². The Morgan fingerprint density at radius 2 is 1.92 bits per heavy atom. The standard InChI is InChI=1S/C29H38N2O2S.C2H6/c1-5-23(11-7-6-10-16-29(2,3)4)27(32)30-26-21-34-18-17-31(28(26)33)20-22-14-15-24-12-8-9-13-25(24)19-22;1-2/h5,8-10,12-16,19,23,26H,1,6-7,11,17-18,20-21H2,2-4H3,(H,30,32);1-2H3/b16-10+;. The van der Waals surface area contributed by atoms with Crippen LogP contribution in [0.5, 0.6) is 0 Å². The number of hydrogen-bond acceptors (Lipinski definition) is 3. The van der Waals surface area contributed by atoms with Crippen molar-refractivity contribution in [2.45, 2.75) is 66.5 Å². The van der Waals surface area contributed by atoms with E-state index in [1.54, 1.807) is 17.8 Å². The van der Waals surface area contributed by atoms with E-state index in [9.17, 15) is 9.59 Å². The molecule has 0 radical (unpaired) electrons. The van der Waals surface area contributed by atoms with Crippen LogP contribution in [0.1, 0.15) is 59.4 Å². The molecule has 2 unspecified atom stereocenters. The maximum absolute atomic E-state index is 13.3. The molecule has 1 fully saturated rings. The van der Waals surface area contributed by atoms with Gasteiger partial charge in [-0.15, -0.1) is 6.58 Å². The zero-order valence-electron chi connectivity index (χ0n) is 22.8. The number of carbonyl (C=O) groups excluding carboxylic acids is 2. The van der Waals surface area contributed by atoms with Crippen LogP contribution in [0.25, 0.3) is 10.8 Å². The largest absolute Gasteiger partial charge is 0.343 e. The van der Waals surface area contributed by atoms with Gasteiger partial charge in [0.15, 0.2) is 0 Å². The van der Waals surface area contributed by atoms with Crippen molar-refractivity contribution in [2.75, 3.05) is 18.1 Å². The minimum absolute atomic E-state index is 0.00225. The summed E-state index contributed by atoms with van der Waals surface area (Å²) in [6.45, 7) is 15.6. The van der Waals surface area contributed by atoms with Crippen LogP contribution in [0.3, 0.4) is 0 Å². The first kappa shape index (κ1) is 29.7. The molecule has 0 aromatic heterocycles. The van der Waals surface area contributed by atoms with E-state index in [0.29, 0.717) is 18.8 Å². The Balaban J connectivity index is 0.00000222. The highest BCUT2D eigenvalue weighted by atomic mass is 32.2. The van der Waals surface area contributed by atoms with Crippen LogP contribution in [0.2, 0.25) is 0 Å². The Kier molecular flexibility index (Phi) is 12.3. The van der Waals surface area contributed by atoms with Crippen LogP contribution in [0.4, 0.5) is 0 Å². The molecule has 4 nitrogen and oxygen atoms in total. The minimum atomic E-state index is -0.497. The third-order valence-corrected chi connectivity index (χ3v) is 7.07. The van der Waals surface area contributed by atoms with Gasteiger partial charge in [0.05, 0.1) is 5.92 Å². The Morgan fingerprint density at radius 3 is 2.61 bits per heavy atom. The van der Waals surface area contributed by atoms with Crippen LogP contribution < -0.4 is 5.32 Å². The van der Waals surface area contributed by atoms with Crippen molar-refractivity contribution in [1.29, 1.82) is 0 Å². The van der Waals surface area contributed by atoms with Crippen LogP contribution in [-0.4, -0.2) is 40.8 Å². The van der Waals surface area contributed by atoms with E-state index >= 15 is 0 Å². The maximum Gasteiger partial charge on any atom is 0.246 e. The van der Waals surface area contributed by atoms with Gasteiger partial charge in [-0.2, -0.15) is 11.8 Å². The lowest BCUT2D eigenvalue weighted by Gasteiger charge is -2.25. The third kappa shape index (κ3) is 9.50. The molecule has 5 heteroatoms. The molecular weight excluding hydrogens is 464 g/mol. The first-order chi connectivity index (χ1) is 17.3. The van der Waals surface area contributed by atoms with Gasteiger partial charge in [0.25, 0.3) is 0 Å². The molecule has 0 saturated carbocycles. The molecule has 1 saturated heterocycles. The average Bonchev–Trinajstić information content (AvgIpc) is 3.03. The highest BCUT2D eigenvalue weighted by Gasteiger charge is 2.30. The smallest absolute Gasteiger partial charge is 0.246 e. The summed E-state index contributed by atoms with van der Waals surface area (Å²) in [5, 5.41) is 5.40. The SMILES string of the molecule is C=CC(CCC/C=C/C(C)(C)C)C(=O)NC1CSCCN(Cc2ccc3ccccc3c2)C1=O.CC. The molecule has 1 N–H and O–H groups in total. The molecule has 1 aliphatic rings. The quantitative estimate of drug-likeness (QED) is 0.293. The van der Waals surface area contributed by atoms with E-state index in [1.165, 1.54) is 10.8 Å². The molecule has 1 aliphatic heterocycles. The van der Waals surface area contributed by atoms with Crippen molar-refractivity contribution >= 4 is 34.3 Å². The Labute approximate surface area is 222 Å². The fourth-order valence-corrected chi connectivity index (χ4v) is 5.10. The average molecular weight is 509 g/mol. The number of carbonyl (C=O) groups is 2. The zero-order chi connectivity index (χ0) is 26.6. The molecule has 3 rings (SSSR count). The highest BCUT2D eigenvalue weighted by Crippen LogP contribution is 2.21. The van der Waals surface area contributed by atoms with Gasteiger partial charge >= 0.3 is 0 Å². The number of nitrogens with zero attached hydrogens (tertiary/aromatic N) is 1. The van der Waals surface area contributed by atoms with Gasteiger partial charge in [-0.05, 0) is 47.1 Å². The van der Waals surface area contributed by atoms with E-state index in [1.807, 2.05) is 30.9 Å². The van der Waals surface area contributed by atoms with E-state index < -0.39 is 6.04 Å². The number of hydrogen-bond donors (Lipinski definition) is 1. The number of thioether (sulfide) groups is 1. The molecule has 0 bridgehead atoms. The van der Waals surface area contributed by atoms with Crippen LogP contribution in [0.15, 0.2) is 67.3 Å². The molecule has 36 heavy (non-hydrogen) atoms. The second-order valence-corrected chi connectivity index (χ2v) is 11.3. The molecule has 2 aromatic rings. The monoisotopic (exact) mass is 508 g/mol. The van der Waals surface area contributed by atoms with Gasteiger partial charge in [0, 0.05) is 24.6 Å². The lowest BCUT2D eigenvalue weighted by molar-refractivity contribution is -0.136. The fraction of sp³-hybridized carbons (Fsp3) is 0.484. The molecule has 0 aliphatic carbocycles. The lowest BCUT2D eigenvalue weighted by atomic mass is 9.95. The Morgan fingerprint density at radius 1 is 1.19 bits per heavy atom. The highest BCUT2D eigenvalue weighted by molar-refractivity contribution is 7.99. The summed E-state index contributed by atoms with van der Waals surface area (Å²) in [6, 6.07) is 14.1. The summed E-state index contributed by atoms with van der Waals surface area (Å²) < 4.78 is 0. The number of allylic oxidation sites excluding steroid dienone is 2. The maximum atomic E-state index is 13.3. The number of amides is 2. The zero-order valence-corrected chi connectivity index (χ0v) is 23.6. The number of fused-ring (bicyclic) bond motifs is 1. The first-order valence-corrected chi connectivity index (χ1v) is 14.4. The molecule has 2 aromatic carbocycles. The van der Waals surface area contributed by atoms with Crippen LogP contribution in [-0.2, 0) is 16.1 Å². The van der Waals surface area contributed by atoms with Gasteiger partial charge < -0.3 is 10.2 Å². The second kappa shape index (κ2) is 14.9. The van der Waals surface area contributed by atoms with Crippen LogP contribution in [0, 0.1) is 11.3 Å². The molecule has 2 amide bonds. The first-order valence-electron chi connectivity index (χ1n) is 13.2. The summed E-state index contributed by atoms with van der Waals surface area (Å²) in [4.78, 5) is 28.2. The molecule has 1 heterocycles. The number of rotatable bonds is 9. The van der Waals surface area contributed by atoms with Crippen molar-refractivity contribution in [2.24, 2.45) is 11.3 Å². The molecule has 2 atom stereocenters. The number of benzene rings is 2. The molecule has 0 spiro atoms. The Hall–Kier alpha value is -2.53. The second-order valence-electron chi connectivity index (χ2n) is 10.1. The summed E-state index contributed by atoms with van der Waals surface area (Å²) in [5.41, 5.74) is 1.28. The summed E-state index contributed by atoms with van der Waals surface area (Å²) in [7, 11) is 0. The van der Waals surface area contributed by atoms with Crippen molar-refractivity contribution < 1.29 is 9.59 Å². The van der Waals surface area contributed by atoms with Crippen molar-refractivity contribution in [3.63, 3.8) is 0 Å².